The van der Waals surface area contributed by atoms with E-state index in [9.17, 15) is 45.0 Å². The molecule has 14 heteroatoms. The number of carbonyl (C=O) groups excluding carboxylic acids is 2. The van der Waals surface area contributed by atoms with E-state index in [1.807, 2.05) is 0 Å². The highest BCUT2D eigenvalue weighted by Crippen LogP contribution is 2.43. The predicted molar refractivity (Wildman–Crippen MR) is 128 cm³/mol. The number of carbonyl (C=O) groups is 2. The van der Waals surface area contributed by atoms with Crippen LogP contribution in [0.15, 0.2) is 33.5 Å². The van der Waals surface area contributed by atoms with Gasteiger partial charge in [0.05, 0.1) is 6.10 Å². The van der Waals surface area contributed by atoms with Crippen LogP contribution in [0.4, 0.5) is 0 Å². The molecule has 2 heterocycles. The number of rotatable bonds is 5. The molecular formula is C25H24O14. The first-order valence-electron chi connectivity index (χ1n) is 11.4. The zero-order valence-corrected chi connectivity index (χ0v) is 20.6. The van der Waals surface area contributed by atoms with Crippen molar-refractivity contribution in [1.82, 2.24) is 0 Å². The second-order valence-electron chi connectivity index (χ2n) is 8.76. The van der Waals surface area contributed by atoms with Crippen LogP contribution in [0.2, 0.25) is 0 Å². The number of aromatic hydroxyl groups is 5. The quantitative estimate of drug-likeness (QED) is 0.196. The lowest BCUT2D eigenvalue weighted by Gasteiger charge is -2.41. The first-order chi connectivity index (χ1) is 18.3. The van der Waals surface area contributed by atoms with E-state index >= 15 is 0 Å². The number of fused-ring (bicyclic) bond motifs is 1. The van der Waals surface area contributed by atoms with Crippen molar-refractivity contribution in [3.63, 3.8) is 0 Å². The van der Waals surface area contributed by atoms with E-state index in [-0.39, 0.29) is 11.1 Å². The van der Waals surface area contributed by atoms with Crippen LogP contribution in [0.1, 0.15) is 20.8 Å². The van der Waals surface area contributed by atoms with Gasteiger partial charge in [-0.25, -0.2) is 0 Å². The topological polar surface area (TPSA) is 223 Å². The van der Waals surface area contributed by atoms with Crippen LogP contribution in [0.3, 0.4) is 0 Å². The van der Waals surface area contributed by atoms with Crippen LogP contribution < -0.4 is 10.2 Å². The Morgan fingerprint density at radius 2 is 1.46 bits per heavy atom. The van der Waals surface area contributed by atoms with E-state index in [4.69, 9.17) is 23.4 Å². The van der Waals surface area contributed by atoms with Crippen molar-refractivity contribution in [2.45, 2.75) is 51.5 Å². The highest BCUT2D eigenvalue weighted by atomic mass is 16.7. The van der Waals surface area contributed by atoms with E-state index < -0.39 is 93.7 Å². The summed E-state index contributed by atoms with van der Waals surface area (Å²) in [5.74, 6) is -6.33. The molecule has 1 aliphatic heterocycles. The molecule has 4 rings (SSSR count). The molecule has 5 unspecified atom stereocenters. The predicted octanol–water partition coefficient (Wildman–Crippen LogP) is 1.34. The summed E-state index contributed by atoms with van der Waals surface area (Å²) < 4.78 is 27.4. The van der Waals surface area contributed by atoms with Gasteiger partial charge >= 0.3 is 11.9 Å². The monoisotopic (exact) mass is 548 g/mol. The molecule has 1 aromatic heterocycles. The van der Waals surface area contributed by atoms with Gasteiger partial charge in [0, 0.05) is 31.5 Å². The molecule has 2 aromatic carbocycles. The van der Waals surface area contributed by atoms with Crippen molar-refractivity contribution < 1.29 is 63.6 Å². The van der Waals surface area contributed by atoms with Gasteiger partial charge in [0.25, 0.3) is 0 Å². The normalized spacial score (nSPS) is 22.8. The van der Waals surface area contributed by atoms with Gasteiger partial charge in [0.15, 0.2) is 41.3 Å². The third-order valence-corrected chi connectivity index (χ3v) is 5.84. The van der Waals surface area contributed by atoms with Crippen molar-refractivity contribution in [3.05, 3.63) is 34.5 Å². The van der Waals surface area contributed by atoms with Crippen LogP contribution in [0, 0.1) is 0 Å². The lowest BCUT2D eigenvalue weighted by atomic mass is 9.99. The second kappa shape index (κ2) is 10.2. The van der Waals surface area contributed by atoms with Gasteiger partial charge < -0.3 is 54.0 Å². The lowest BCUT2D eigenvalue weighted by Crippen LogP contribution is -2.61. The molecular weight excluding hydrogens is 524 g/mol. The first-order valence-corrected chi connectivity index (χ1v) is 11.4. The molecule has 3 aromatic rings. The number of aliphatic hydroxyl groups is 1. The molecule has 0 aliphatic carbocycles. The van der Waals surface area contributed by atoms with Crippen molar-refractivity contribution in [3.8, 4) is 45.8 Å². The molecule has 1 saturated heterocycles. The Labute approximate surface area is 218 Å². The van der Waals surface area contributed by atoms with E-state index in [0.717, 1.165) is 38.1 Å². The van der Waals surface area contributed by atoms with E-state index in [1.54, 1.807) is 0 Å². The molecule has 0 spiro atoms. The van der Waals surface area contributed by atoms with Gasteiger partial charge in [-0.3, -0.25) is 14.4 Å². The number of hydrogen-bond donors (Lipinski definition) is 6. The number of benzene rings is 2. The summed E-state index contributed by atoms with van der Waals surface area (Å²) >= 11 is 0. The number of esters is 2. The zero-order valence-electron chi connectivity index (χ0n) is 20.6. The average Bonchev–Trinajstić information content (AvgIpc) is 2.83. The highest BCUT2D eigenvalue weighted by Gasteiger charge is 2.49. The fourth-order valence-corrected chi connectivity index (χ4v) is 4.18. The first kappa shape index (κ1) is 27.3. The maximum absolute atomic E-state index is 13.5. The number of aliphatic hydroxyl groups excluding tert-OH is 1. The molecule has 39 heavy (non-hydrogen) atoms. The lowest BCUT2D eigenvalue weighted by molar-refractivity contribution is -0.276. The van der Waals surface area contributed by atoms with E-state index in [0.29, 0.717) is 0 Å². The Morgan fingerprint density at radius 3 is 2.05 bits per heavy atom. The van der Waals surface area contributed by atoms with Crippen molar-refractivity contribution in [2.24, 2.45) is 0 Å². The summed E-state index contributed by atoms with van der Waals surface area (Å²) in [5, 5.41) is 60.5. The molecule has 1 aliphatic rings. The molecule has 6 N–H and O–H groups in total. The van der Waals surface area contributed by atoms with Gasteiger partial charge in [-0.1, -0.05) is 0 Å². The molecule has 1 fully saturated rings. The smallest absolute Gasteiger partial charge is 0.303 e. The van der Waals surface area contributed by atoms with Crippen molar-refractivity contribution in [2.75, 3.05) is 0 Å². The minimum atomic E-state index is -1.83. The third-order valence-electron chi connectivity index (χ3n) is 5.84. The van der Waals surface area contributed by atoms with Crippen LogP contribution in [0.25, 0.3) is 22.3 Å². The summed E-state index contributed by atoms with van der Waals surface area (Å²) in [7, 11) is 0. The number of hydrogen-bond acceptors (Lipinski definition) is 14. The highest BCUT2D eigenvalue weighted by molar-refractivity contribution is 5.88. The minimum Gasteiger partial charge on any atom is -0.508 e. The SMILES string of the molecule is CC(=O)OC1C(C)OC(Oc2c(-c3cc(O)c(O)c(O)c3)oc3cc(O)cc(O)c3c2=O)C(O)C1OC(C)=O. The minimum absolute atomic E-state index is 0.202. The van der Waals surface area contributed by atoms with Gasteiger partial charge in [-0.15, -0.1) is 0 Å². The summed E-state index contributed by atoms with van der Waals surface area (Å²) in [4.78, 5) is 36.8. The number of phenols is 5. The molecule has 5 atom stereocenters. The van der Waals surface area contributed by atoms with Crippen molar-refractivity contribution in [1.29, 1.82) is 0 Å². The fraction of sp³-hybridized carbons (Fsp3) is 0.320. The molecule has 0 amide bonds. The maximum atomic E-state index is 13.5. The largest absolute Gasteiger partial charge is 0.508 e. The van der Waals surface area contributed by atoms with Gasteiger partial charge in [0.1, 0.15) is 22.5 Å². The Bertz CT molecular complexity index is 1490. The van der Waals surface area contributed by atoms with E-state index in [2.05, 4.69) is 0 Å². The fourth-order valence-electron chi connectivity index (χ4n) is 4.18. The number of phenolic OH excluding ortho intramolecular Hbond substituents is 5. The van der Waals surface area contributed by atoms with Crippen LogP contribution in [-0.4, -0.2) is 73.3 Å². The standard InChI is InChI=1S/C25H24O14/c1-8-21(36-9(2)26)24(37-10(3)27)20(34)25(35-8)39-23-19(33)17-13(29)6-12(28)7-16(17)38-22(23)11-4-14(30)18(32)15(31)5-11/h4-8,20-21,24-25,28-32,34H,1-3H3. The zero-order chi connectivity index (χ0) is 28.8. The van der Waals surface area contributed by atoms with Gasteiger partial charge in [0.2, 0.25) is 17.5 Å². The summed E-state index contributed by atoms with van der Waals surface area (Å²) in [6, 6.07) is 3.73. The van der Waals surface area contributed by atoms with Crippen LogP contribution in [-0.2, 0) is 23.8 Å². The molecule has 208 valence electrons. The second-order valence-corrected chi connectivity index (χ2v) is 8.76. The van der Waals surface area contributed by atoms with Crippen LogP contribution in [0.5, 0.6) is 34.5 Å². The van der Waals surface area contributed by atoms with Crippen molar-refractivity contribution >= 4 is 22.9 Å². The van der Waals surface area contributed by atoms with Gasteiger partial charge in [-0.2, -0.15) is 0 Å². The Kier molecular flexibility index (Phi) is 7.17. The third kappa shape index (κ3) is 5.19. The summed E-state index contributed by atoms with van der Waals surface area (Å²) in [6.45, 7) is 3.60. The molecule has 0 saturated carbocycles. The summed E-state index contributed by atoms with van der Waals surface area (Å²) in [5.41, 5.74) is -1.55. The Balaban J connectivity index is 1.88. The van der Waals surface area contributed by atoms with Gasteiger partial charge in [-0.05, 0) is 19.1 Å². The molecule has 0 bridgehead atoms. The maximum Gasteiger partial charge on any atom is 0.303 e. The Hall–Kier alpha value is -4.69. The summed E-state index contributed by atoms with van der Waals surface area (Å²) in [6.07, 6.45) is -7.33. The number of ether oxygens (including phenoxy) is 4. The average molecular weight is 548 g/mol. The van der Waals surface area contributed by atoms with E-state index in [1.165, 1.54) is 6.92 Å². The molecule has 14 nitrogen and oxygen atoms in total. The molecule has 0 radical (unpaired) electrons. The van der Waals surface area contributed by atoms with Crippen LogP contribution >= 0.6 is 0 Å². The Morgan fingerprint density at radius 1 is 0.872 bits per heavy atom.